The molecule has 1 heterocycles. The molecule has 1 aromatic carbocycles. The lowest BCUT2D eigenvalue weighted by molar-refractivity contribution is 0.252. The maximum atomic E-state index is 5.51. The van der Waals surface area contributed by atoms with Crippen LogP contribution < -0.4 is 4.74 Å². The van der Waals surface area contributed by atoms with Crippen molar-refractivity contribution in [3.63, 3.8) is 0 Å². The fourth-order valence-electron chi connectivity index (χ4n) is 4.22. The van der Waals surface area contributed by atoms with Crippen LogP contribution in [0.4, 0.5) is 0 Å². The molecule has 140 valence electrons. The van der Waals surface area contributed by atoms with Gasteiger partial charge in [-0.2, -0.15) is 0 Å². The molecule has 2 nitrogen and oxygen atoms in total. The Morgan fingerprint density at radius 3 is 2.15 bits per heavy atom. The van der Waals surface area contributed by atoms with Crippen LogP contribution >= 0.6 is 0 Å². The maximum absolute atomic E-state index is 5.51. The molecule has 2 aromatic rings. The van der Waals surface area contributed by atoms with E-state index in [4.69, 9.17) is 4.74 Å². The van der Waals surface area contributed by atoms with E-state index < -0.39 is 0 Å². The van der Waals surface area contributed by atoms with Crippen LogP contribution in [0.5, 0.6) is 5.75 Å². The summed E-state index contributed by atoms with van der Waals surface area (Å²) in [7, 11) is 0. The topological polar surface area (TPSA) is 22.1 Å². The predicted octanol–water partition coefficient (Wildman–Crippen LogP) is 6.69. The van der Waals surface area contributed by atoms with Gasteiger partial charge in [0.15, 0.2) is 0 Å². The number of hydrogen-bond acceptors (Lipinski definition) is 2. The zero-order valence-electron chi connectivity index (χ0n) is 16.4. The zero-order chi connectivity index (χ0) is 18.2. The minimum Gasteiger partial charge on any atom is -0.494 e. The monoisotopic (exact) mass is 351 g/mol. The summed E-state index contributed by atoms with van der Waals surface area (Å²) in [4.78, 5) is 4.68. The van der Waals surface area contributed by atoms with E-state index in [2.05, 4.69) is 42.4 Å². The van der Waals surface area contributed by atoms with Crippen molar-refractivity contribution in [1.29, 1.82) is 0 Å². The van der Waals surface area contributed by atoms with Gasteiger partial charge in [-0.1, -0.05) is 51.5 Å². The van der Waals surface area contributed by atoms with Gasteiger partial charge in [0.25, 0.3) is 0 Å². The quantitative estimate of drug-likeness (QED) is 0.529. The first-order chi connectivity index (χ1) is 12.8. The first-order valence-corrected chi connectivity index (χ1v) is 10.5. The molecule has 1 aliphatic rings. The highest BCUT2D eigenvalue weighted by Gasteiger charge is 2.20. The molecule has 0 radical (unpaired) electrons. The van der Waals surface area contributed by atoms with Crippen molar-refractivity contribution < 1.29 is 4.74 Å². The summed E-state index contributed by atoms with van der Waals surface area (Å²) in [6, 6.07) is 12.6. The highest BCUT2D eigenvalue weighted by Crippen LogP contribution is 2.33. The molecule has 1 saturated carbocycles. The highest BCUT2D eigenvalue weighted by atomic mass is 16.5. The van der Waals surface area contributed by atoms with Crippen molar-refractivity contribution >= 4 is 0 Å². The molecule has 0 N–H and O–H groups in total. The number of hydrogen-bond donors (Lipinski definition) is 0. The van der Waals surface area contributed by atoms with Crippen LogP contribution in [0.3, 0.4) is 0 Å². The van der Waals surface area contributed by atoms with Crippen molar-refractivity contribution in [1.82, 2.24) is 4.98 Å². The molecule has 0 atom stereocenters. The van der Waals surface area contributed by atoms with Gasteiger partial charge in [-0.3, -0.25) is 4.98 Å². The highest BCUT2D eigenvalue weighted by molar-refractivity contribution is 5.60. The van der Waals surface area contributed by atoms with Crippen molar-refractivity contribution in [3.8, 4) is 17.0 Å². The average Bonchev–Trinajstić information content (AvgIpc) is 2.69. The largest absolute Gasteiger partial charge is 0.494 e. The molecular formula is C24H33NO. The van der Waals surface area contributed by atoms with Crippen molar-refractivity contribution in [2.24, 2.45) is 11.8 Å². The summed E-state index contributed by atoms with van der Waals surface area (Å²) in [6.07, 6.45) is 13.1. The van der Waals surface area contributed by atoms with Crippen LogP contribution in [0.15, 0.2) is 42.6 Å². The summed E-state index contributed by atoms with van der Waals surface area (Å²) in [6.45, 7) is 5.02. The first kappa shape index (κ1) is 18.9. The van der Waals surface area contributed by atoms with Gasteiger partial charge < -0.3 is 4.74 Å². The minimum atomic E-state index is 0.701. The number of ether oxygens (including phenoxy) is 1. The van der Waals surface area contributed by atoms with Gasteiger partial charge in [0.1, 0.15) is 5.75 Å². The molecule has 0 amide bonds. The van der Waals surface area contributed by atoms with Crippen LogP contribution in [0.2, 0.25) is 0 Å². The van der Waals surface area contributed by atoms with E-state index in [0.717, 1.165) is 28.8 Å². The Kier molecular flexibility index (Phi) is 7.11. The number of nitrogens with zero attached hydrogens (tertiary/aromatic N) is 1. The molecule has 26 heavy (non-hydrogen) atoms. The number of pyridine rings is 1. The molecule has 1 aromatic heterocycles. The Morgan fingerprint density at radius 1 is 0.885 bits per heavy atom. The van der Waals surface area contributed by atoms with E-state index in [1.807, 2.05) is 19.1 Å². The maximum Gasteiger partial charge on any atom is 0.119 e. The summed E-state index contributed by atoms with van der Waals surface area (Å²) < 4.78 is 5.51. The predicted molar refractivity (Wildman–Crippen MR) is 110 cm³/mol. The Labute approximate surface area is 159 Å². The summed E-state index contributed by atoms with van der Waals surface area (Å²) in [5, 5.41) is 0. The lowest BCUT2D eigenvalue weighted by atomic mass is 9.78. The van der Waals surface area contributed by atoms with Crippen LogP contribution in [-0.2, 0) is 6.42 Å². The number of aryl methyl sites for hydroxylation is 1. The lowest BCUT2D eigenvalue weighted by Crippen LogP contribution is -2.15. The number of aromatic nitrogens is 1. The van der Waals surface area contributed by atoms with E-state index in [-0.39, 0.29) is 0 Å². The van der Waals surface area contributed by atoms with Crippen LogP contribution in [-0.4, -0.2) is 11.6 Å². The standard InChI is InChI=1S/C24H33NO/c1-3-5-19-6-8-20(9-7-19)10-11-21-12-17-24(25-18-21)22-13-15-23(16-14-22)26-4-2/h12-20H,3-11H2,1-2H3. The zero-order valence-corrected chi connectivity index (χ0v) is 16.4. The Hall–Kier alpha value is -1.83. The van der Waals surface area contributed by atoms with E-state index in [1.54, 1.807) is 0 Å². The smallest absolute Gasteiger partial charge is 0.119 e. The summed E-state index contributed by atoms with van der Waals surface area (Å²) in [5.74, 6) is 2.85. The van der Waals surface area contributed by atoms with Gasteiger partial charge in [-0.15, -0.1) is 0 Å². The first-order valence-electron chi connectivity index (χ1n) is 10.5. The lowest BCUT2D eigenvalue weighted by Gasteiger charge is -2.28. The molecule has 1 fully saturated rings. The molecule has 0 aliphatic heterocycles. The van der Waals surface area contributed by atoms with E-state index in [9.17, 15) is 0 Å². The molecule has 1 aliphatic carbocycles. The van der Waals surface area contributed by atoms with Crippen LogP contribution in [0.1, 0.15) is 64.4 Å². The molecule has 3 rings (SSSR count). The van der Waals surface area contributed by atoms with E-state index in [1.165, 1.54) is 56.9 Å². The number of rotatable bonds is 8. The molecular weight excluding hydrogens is 318 g/mol. The molecule has 0 spiro atoms. The fourth-order valence-corrected chi connectivity index (χ4v) is 4.22. The molecule has 0 bridgehead atoms. The second kappa shape index (κ2) is 9.75. The second-order valence-electron chi connectivity index (χ2n) is 7.72. The van der Waals surface area contributed by atoms with Gasteiger partial charge in [-0.05, 0) is 67.5 Å². The Morgan fingerprint density at radius 2 is 1.58 bits per heavy atom. The van der Waals surface area contributed by atoms with Gasteiger partial charge in [0.05, 0.1) is 12.3 Å². The Balaban J connectivity index is 1.49. The van der Waals surface area contributed by atoms with Crippen molar-refractivity contribution in [2.45, 2.75) is 65.2 Å². The van der Waals surface area contributed by atoms with Gasteiger partial charge in [0.2, 0.25) is 0 Å². The SMILES string of the molecule is CCCC1CCC(CCc2ccc(-c3ccc(OCC)cc3)nc2)CC1. The molecule has 0 saturated heterocycles. The van der Waals surface area contributed by atoms with Crippen LogP contribution in [0.25, 0.3) is 11.3 Å². The van der Waals surface area contributed by atoms with Crippen molar-refractivity contribution in [2.75, 3.05) is 6.61 Å². The van der Waals surface area contributed by atoms with Gasteiger partial charge >= 0.3 is 0 Å². The third-order valence-corrected chi connectivity index (χ3v) is 5.79. The second-order valence-corrected chi connectivity index (χ2v) is 7.72. The van der Waals surface area contributed by atoms with Crippen LogP contribution in [0, 0.1) is 11.8 Å². The molecule has 2 heteroatoms. The third-order valence-electron chi connectivity index (χ3n) is 5.79. The average molecular weight is 352 g/mol. The van der Waals surface area contributed by atoms with Gasteiger partial charge in [-0.25, -0.2) is 0 Å². The van der Waals surface area contributed by atoms with E-state index >= 15 is 0 Å². The van der Waals surface area contributed by atoms with E-state index in [0.29, 0.717) is 6.61 Å². The number of benzene rings is 1. The normalized spacial score (nSPS) is 20.1. The van der Waals surface area contributed by atoms with Gasteiger partial charge in [0, 0.05) is 11.8 Å². The fraction of sp³-hybridized carbons (Fsp3) is 0.542. The summed E-state index contributed by atoms with van der Waals surface area (Å²) in [5.41, 5.74) is 3.56. The summed E-state index contributed by atoms with van der Waals surface area (Å²) >= 11 is 0. The van der Waals surface area contributed by atoms with Crippen molar-refractivity contribution in [3.05, 3.63) is 48.2 Å². The Bertz CT molecular complexity index is 639. The minimum absolute atomic E-state index is 0.701. The third kappa shape index (κ3) is 5.33. The molecule has 0 unspecified atom stereocenters.